The van der Waals surface area contributed by atoms with Crippen molar-refractivity contribution in [2.24, 2.45) is 5.84 Å². The highest BCUT2D eigenvalue weighted by Crippen LogP contribution is 2.17. The number of hydrazine groups is 1. The van der Waals surface area contributed by atoms with Crippen LogP contribution in [0.25, 0.3) is 0 Å². The maximum atomic E-state index is 12.7. The van der Waals surface area contributed by atoms with Crippen LogP contribution in [0.1, 0.15) is 33.6 Å². The molecule has 0 saturated carbocycles. The van der Waals surface area contributed by atoms with Crippen LogP contribution in [-0.4, -0.2) is 54.3 Å². The van der Waals surface area contributed by atoms with E-state index in [2.05, 4.69) is 10.7 Å². The summed E-state index contributed by atoms with van der Waals surface area (Å²) in [6, 6.07) is 8.55. The Balaban J connectivity index is 2.14. The molecule has 2 atom stereocenters. The number of nitrogens with zero attached hydrogens (tertiary/aromatic N) is 1. The van der Waals surface area contributed by atoms with E-state index >= 15 is 0 Å². The summed E-state index contributed by atoms with van der Waals surface area (Å²) in [6.07, 6.45) is 1.29. The highest BCUT2D eigenvalue weighted by atomic mass is 16.6. The average Bonchev–Trinajstić information content (AvgIpc) is 3.12. The normalized spacial score (nSPS) is 17.9. The van der Waals surface area contributed by atoms with Crippen LogP contribution < -0.4 is 16.6 Å². The smallest absolute Gasteiger partial charge is 0.410 e. The Kier molecular flexibility index (Phi) is 7.44. The van der Waals surface area contributed by atoms with Crippen molar-refractivity contribution >= 4 is 17.7 Å². The Labute approximate surface area is 160 Å². The molecule has 8 nitrogen and oxygen atoms in total. The molecule has 1 fully saturated rings. The fourth-order valence-electron chi connectivity index (χ4n) is 2.83. The van der Waals surface area contributed by atoms with E-state index in [0.29, 0.717) is 13.2 Å². The lowest BCUT2D eigenvalue weighted by Crippen LogP contribution is -2.52. The number of carbonyl (C=O) groups is 2. The van der Waals surface area contributed by atoms with Gasteiger partial charge in [0.1, 0.15) is 11.6 Å². The molecule has 0 aliphatic carbocycles. The second kappa shape index (κ2) is 9.57. The lowest BCUT2D eigenvalue weighted by molar-refractivity contribution is -0.122. The minimum Gasteiger partial charge on any atom is -0.444 e. The zero-order chi connectivity index (χ0) is 19.9. The molecule has 27 heavy (non-hydrogen) atoms. The molecule has 0 unspecified atom stereocenters. The predicted octanol–water partition coefficient (Wildman–Crippen LogP) is 1.87. The quantitative estimate of drug-likeness (QED) is 0.380. The van der Waals surface area contributed by atoms with Crippen LogP contribution in [0.15, 0.2) is 30.3 Å². The number of hydrogen-bond donors (Lipinski definition) is 3. The zero-order valence-electron chi connectivity index (χ0n) is 16.2. The molecule has 1 aromatic carbocycles. The lowest BCUT2D eigenvalue weighted by atomic mass is 10.2. The van der Waals surface area contributed by atoms with Gasteiger partial charge < -0.3 is 19.7 Å². The van der Waals surface area contributed by atoms with Gasteiger partial charge in [-0.15, -0.1) is 0 Å². The number of amides is 2. The lowest BCUT2D eigenvalue weighted by Gasteiger charge is -2.31. The summed E-state index contributed by atoms with van der Waals surface area (Å²) in [5, 5.41) is 3.12. The summed E-state index contributed by atoms with van der Waals surface area (Å²) >= 11 is 0. The second-order valence-electron chi connectivity index (χ2n) is 7.59. The number of carbonyl (C=O) groups excluding carboxylic acids is 2. The molecule has 0 spiro atoms. The van der Waals surface area contributed by atoms with Crippen LogP contribution in [0.4, 0.5) is 10.5 Å². The Morgan fingerprint density at radius 1 is 1.33 bits per heavy atom. The van der Waals surface area contributed by atoms with E-state index in [1.54, 1.807) is 20.8 Å². The summed E-state index contributed by atoms with van der Waals surface area (Å²) < 4.78 is 11.2. The number of benzene rings is 1. The molecule has 1 aliphatic heterocycles. The Morgan fingerprint density at radius 3 is 2.59 bits per heavy atom. The van der Waals surface area contributed by atoms with Gasteiger partial charge in [-0.3, -0.25) is 10.2 Å². The van der Waals surface area contributed by atoms with Gasteiger partial charge in [-0.1, -0.05) is 18.2 Å². The third kappa shape index (κ3) is 7.07. The molecule has 0 radical (unpaired) electrons. The first kappa shape index (κ1) is 21.0. The largest absolute Gasteiger partial charge is 0.444 e. The van der Waals surface area contributed by atoms with Gasteiger partial charge in [-0.25, -0.2) is 10.6 Å². The van der Waals surface area contributed by atoms with E-state index in [-0.39, 0.29) is 12.6 Å². The van der Waals surface area contributed by atoms with E-state index in [9.17, 15) is 9.59 Å². The fourth-order valence-corrected chi connectivity index (χ4v) is 2.83. The minimum absolute atomic E-state index is 0.0594. The molecular weight excluding hydrogens is 348 g/mol. The second-order valence-corrected chi connectivity index (χ2v) is 7.59. The summed E-state index contributed by atoms with van der Waals surface area (Å²) in [5.41, 5.74) is 2.28. The maximum Gasteiger partial charge on any atom is 0.410 e. The third-order valence-corrected chi connectivity index (χ3v) is 4.08. The molecule has 0 aromatic heterocycles. The third-order valence-electron chi connectivity index (χ3n) is 4.08. The molecule has 0 bridgehead atoms. The SMILES string of the molecule is CC(C)(C)OC(=O)N(C[C@@H]1CCCO1)C[C@H](Nc1ccccc1)C(=O)NN. The van der Waals surface area contributed by atoms with Gasteiger partial charge >= 0.3 is 6.09 Å². The van der Waals surface area contributed by atoms with Crippen LogP contribution in [0.5, 0.6) is 0 Å². The van der Waals surface area contributed by atoms with Gasteiger partial charge in [0.2, 0.25) is 0 Å². The first-order valence-corrected chi connectivity index (χ1v) is 9.20. The Hall–Kier alpha value is -2.32. The summed E-state index contributed by atoms with van der Waals surface area (Å²) in [5.74, 6) is 4.93. The van der Waals surface area contributed by atoms with E-state index in [0.717, 1.165) is 18.5 Å². The molecule has 4 N–H and O–H groups in total. The maximum absolute atomic E-state index is 12.7. The molecule has 1 saturated heterocycles. The van der Waals surface area contributed by atoms with E-state index in [4.69, 9.17) is 15.3 Å². The number of hydrogen-bond acceptors (Lipinski definition) is 6. The Bertz CT molecular complexity index is 612. The van der Waals surface area contributed by atoms with Crippen LogP contribution in [0.2, 0.25) is 0 Å². The van der Waals surface area contributed by atoms with Crippen molar-refractivity contribution < 1.29 is 19.1 Å². The van der Waals surface area contributed by atoms with Crippen molar-refractivity contribution in [3.8, 4) is 0 Å². The van der Waals surface area contributed by atoms with Crippen LogP contribution in [0, 0.1) is 0 Å². The number of anilines is 1. The van der Waals surface area contributed by atoms with E-state index in [1.807, 2.05) is 30.3 Å². The standard InChI is InChI=1S/C19H30N4O4/c1-19(2,3)27-18(25)23(12-15-10-7-11-26-15)13-16(17(24)22-20)21-14-8-5-4-6-9-14/h4-6,8-9,15-16,21H,7,10-13,20H2,1-3H3,(H,22,24)/t15-,16-/m0/s1. The monoisotopic (exact) mass is 378 g/mol. The highest BCUT2D eigenvalue weighted by Gasteiger charge is 2.30. The molecule has 150 valence electrons. The van der Waals surface area contributed by atoms with Crippen molar-refractivity contribution in [3.05, 3.63) is 30.3 Å². The number of para-hydroxylation sites is 1. The van der Waals surface area contributed by atoms with Gasteiger partial charge in [0.25, 0.3) is 5.91 Å². The van der Waals surface area contributed by atoms with Crippen molar-refractivity contribution in [2.75, 3.05) is 25.0 Å². The van der Waals surface area contributed by atoms with Gasteiger partial charge in [-0.05, 0) is 45.7 Å². The number of rotatable bonds is 7. The summed E-state index contributed by atoms with van der Waals surface area (Å²) in [4.78, 5) is 26.5. The van der Waals surface area contributed by atoms with Crippen molar-refractivity contribution in [1.29, 1.82) is 0 Å². The fraction of sp³-hybridized carbons (Fsp3) is 0.579. The van der Waals surface area contributed by atoms with Crippen molar-refractivity contribution in [2.45, 2.75) is 51.4 Å². The van der Waals surface area contributed by atoms with Crippen molar-refractivity contribution in [1.82, 2.24) is 10.3 Å². The molecule has 1 aromatic rings. The van der Waals surface area contributed by atoms with E-state index in [1.165, 1.54) is 4.90 Å². The van der Waals surface area contributed by atoms with Gasteiger partial charge in [0.05, 0.1) is 19.2 Å². The first-order chi connectivity index (χ1) is 12.8. The summed E-state index contributed by atoms with van der Waals surface area (Å²) in [6.45, 7) is 6.57. The van der Waals surface area contributed by atoms with Crippen LogP contribution in [0.3, 0.4) is 0 Å². The van der Waals surface area contributed by atoms with Crippen molar-refractivity contribution in [3.63, 3.8) is 0 Å². The number of nitrogens with one attached hydrogen (secondary N) is 2. The summed E-state index contributed by atoms with van der Waals surface area (Å²) in [7, 11) is 0. The Morgan fingerprint density at radius 2 is 2.04 bits per heavy atom. The predicted molar refractivity (Wildman–Crippen MR) is 103 cm³/mol. The van der Waals surface area contributed by atoms with E-state index < -0.39 is 23.6 Å². The number of nitrogens with two attached hydrogens (primary N) is 1. The van der Waals surface area contributed by atoms with Gasteiger partial charge in [0.15, 0.2) is 0 Å². The molecule has 2 amide bonds. The molecule has 1 aliphatic rings. The van der Waals surface area contributed by atoms with Gasteiger partial charge in [-0.2, -0.15) is 0 Å². The van der Waals surface area contributed by atoms with Gasteiger partial charge in [0, 0.05) is 12.3 Å². The molecular formula is C19H30N4O4. The van der Waals surface area contributed by atoms with Crippen LogP contribution >= 0.6 is 0 Å². The zero-order valence-corrected chi connectivity index (χ0v) is 16.2. The molecule has 1 heterocycles. The highest BCUT2D eigenvalue weighted by molar-refractivity contribution is 5.85. The molecule has 2 rings (SSSR count). The minimum atomic E-state index is -0.730. The topological polar surface area (TPSA) is 106 Å². The van der Waals surface area contributed by atoms with Crippen LogP contribution in [-0.2, 0) is 14.3 Å². The average molecular weight is 378 g/mol. The first-order valence-electron chi connectivity index (χ1n) is 9.20. The number of ether oxygens (including phenoxy) is 2. The molecule has 8 heteroatoms.